The summed E-state index contributed by atoms with van der Waals surface area (Å²) in [6.45, 7) is 3.82. The van der Waals surface area contributed by atoms with Gasteiger partial charge in [-0.25, -0.2) is 0 Å². The molecule has 3 aromatic rings. The van der Waals surface area contributed by atoms with Crippen LogP contribution in [0.15, 0.2) is 69.4 Å². The molecule has 1 fully saturated rings. The molecule has 0 spiro atoms. The maximum atomic E-state index is 12.0. The van der Waals surface area contributed by atoms with Gasteiger partial charge in [0.25, 0.3) is 0 Å². The van der Waals surface area contributed by atoms with Crippen molar-refractivity contribution in [3.8, 4) is 11.5 Å². The molecule has 190 valence electrons. The fourth-order valence-corrected chi connectivity index (χ4v) is 5.51. The number of ether oxygens (including phenoxy) is 2. The maximum Gasteiger partial charge on any atom is 0.185 e. The molecule has 7 heteroatoms. The summed E-state index contributed by atoms with van der Waals surface area (Å²) >= 11 is 1.61. The van der Waals surface area contributed by atoms with Crippen molar-refractivity contribution in [1.82, 2.24) is 4.90 Å². The third-order valence-electron chi connectivity index (χ3n) is 6.84. The molecule has 2 aromatic heterocycles. The molecule has 4 heterocycles. The maximum absolute atomic E-state index is 12.0. The van der Waals surface area contributed by atoms with E-state index in [1.807, 2.05) is 41.8 Å². The van der Waals surface area contributed by atoms with E-state index in [2.05, 4.69) is 4.90 Å². The summed E-state index contributed by atoms with van der Waals surface area (Å²) in [5.74, 6) is 2.65. The second kappa shape index (κ2) is 11.9. The summed E-state index contributed by atoms with van der Waals surface area (Å²) < 4.78 is 18.0. The summed E-state index contributed by atoms with van der Waals surface area (Å²) in [4.78, 5) is 15.5. The van der Waals surface area contributed by atoms with Gasteiger partial charge in [-0.2, -0.15) is 0 Å². The number of nitrogens with zero attached hydrogens (tertiary/aromatic N) is 1. The molecule has 0 bridgehead atoms. The molecule has 1 atom stereocenters. The lowest BCUT2D eigenvalue weighted by Crippen LogP contribution is -2.36. The smallest absolute Gasteiger partial charge is 0.185 e. The molecule has 0 aliphatic carbocycles. The Kier molecular flexibility index (Phi) is 8.21. The van der Waals surface area contributed by atoms with Gasteiger partial charge in [0.1, 0.15) is 23.0 Å². The Balaban J connectivity index is 1.18. The van der Waals surface area contributed by atoms with Crippen LogP contribution in [0.5, 0.6) is 11.5 Å². The predicted molar refractivity (Wildman–Crippen MR) is 142 cm³/mol. The van der Waals surface area contributed by atoms with Crippen LogP contribution in [0, 0.1) is 0 Å². The first kappa shape index (κ1) is 24.8. The molecular weight excluding hydrogens is 474 g/mol. The number of piperidine rings is 1. The molecule has 2 aliphatic rings. The van der Waals surface area contributed by atoms with Crippen LogP contribution >= 0.6 is 11.3 Å². The van der Waals surface area contributed by atoms with Gasteiger partial charge in [-0.1, -0.05) is 18.9 Å². The van der Waals surface area contributed by atoms with E-state index < -0.39 is 0 Å². The number of hydrogen-bond acceptors (Lipinski definition) is 7. The fraction of sp³-hybridized carbons (Fsp3) is 0.414. The van der Waals surface area contributed by atoms with Crippen LogP contribution in [-0.4, -0.2) is 42.4 Å². The normalized spacial score (nSPS) is 18.4. The van der Waals surface area contributed by atoms with Crippen LogP contribution < -0.4 is 14.9 Å². The third-order valence-corrected chi connectivity index (χ3v) is 7.72. The van der Waals surface area contributed by atoms with E-state index in [0.717, 1.165) is 73.0 Å². The summed E-state index contributed by atoms with van der Waals surface area (Å²) in [7, 11) is 0. The van der Waals surface area contributed by atoms with Gasteiger partial charge in [-0.15, -0.1) is 11.3 Å². The summed E-state index contributed by atoms with van der Waals surface area (Å²) in [6.07, 6.45) is 9.68. The van der Waals surface area contributed by atoms with Crippen molar-refractivity contribution in [2.45, 2.75) is 50.5 Å². The van der Waals surface area contributed by atoms with Crippen molar-refractivity contribution in [3.05, 3.63) is 86.6 Å². The van der Waals surface area contributed by atoms with Crippen LogP contribution in [0.1, 0.15) is 60.6 Å². The Morgan fingerprint density at radius 2 is 1.92 bits per heavy atom. The van der Waals surface area contributed by atoms with E-state index in [1.54, 1.807) is 17.4 Å². The quantitative estimate of drug-likeness (QED) is 0.357. The van der Waals surface area contributed by atoms with Gasteiger partial charge >= 0.3 is 0 Å². The number of aliphatic hydroxyl groups excluding tert-OH is 1. The van der Waals surface area contributed by atoms with Gasteiger partial charge in [-0.3, -0.25) is 4.79 Å². The zero-order valence-corrected chi connectivity index (χ0v) is 21.3. The zero-order valence-electron chi connectivity index (χ0n) is 20.4. The number of aliphatic hydroxyl groups is 1. The highest BCUT2D eigenvalue weighted by Gasteiger charge is 2.27. The largest absolute Gasteiger partial charge is 0.494 e. The Hall–Kier alpha value is -2.87. The van der Waals surface area contributed by atoms with Gasteiger partial charge in [0.05, 0.1) is 29.8 Å². The first-order valence-electron chi connectivity index (χ1n) is 12.9. The Labute approximate surface area is 215 Å². The van der Waals surface area contributed by atoms with Crippen molar-refractivity contribution >= 4 is 17.1 Å². The molecule has 6 nitrogen and oxygen atoms in total. The van der Waals surface area contributed by atoms with Gasteiger partial charge in [0.2, 0.25) is 0 Å². The van der Waals surface area contributed by atoms with Crippen LogP contribution in [-0.2, 0) is 0 Å². The summed E-state index contributed by atoms with van der Waals surface area (Å²) in [6, 6.07) is 12.9. The molecule has 36 heavy (non-hydrogen) atoms. The topological polar surface area (TPSA) is 72.1 Å². The number of thiophene rings is 1. The van der Waals surface area contributed by atoms with E-state index >= 15 is 0 Å². The first-order chi connectivity index (χ1) is 17.7. The monoisotopic (exact) mass is 507 g/mol. The number of allylic oxidation sites excluding steroid dienone is 1. The summed E-state index contributed by atoms with van der Waals surface area (Å²) in [5.41, 5.74) is 0.842. The average molecular weight is 508 g/mol. The van der Waals surface area contributed by atoms with E-state index in [9.17, 15) is 9.90 Å². The van der Waals surface area contributed by atoms with E-state index in [-0.39, 0.29) is 17.5 Å². The van der Waals surface area contributed by atoms with E-state index in [1.165, 1.54) is 25.2 Å². The van der Waals surface area contributed by atoms with E-state index in [4.69, 9.17) is 13.9 Å². The van der Waals surface area contributed by atoms with E-state index in [0.29, 0.717) is 12.4 Å². The molecule has 1 aromatic carbocycles. The van der Waals surface area contributed by atoms with Crippen molar-refractivity contribution in [3.63, 3.8) is 0 Å². The molecule has 1 saturated heterocycles. The van der Waals surface area contributed by atoms with Gasteiger partial charge in [0, 0.05) is 30.8 Å². The molecule has 0 amide bonds. The first-order valence-corrected chi connectivity index (χ1v) is 13.7. The molecule has 1 N–H and O–H groups in total. The molecule has 0 radical (unpaired) electrons. The van der Waals surface area contributed by atoms with Crippen molar-refractivity contribution in [2.75, 3.05) is 26.2 Å². The van der Waals surface area contributed by atoms with Gasteiger partial charge in [0.15, 0.2) is 5.43 Å². The Morgan fingerprint density at radius 1 is 1.06 bits per heavy atom. The lowest BCUT2D eigenvalue weighted by Gasteiger charge is -2.29. The minimum absolute atomic E-state index is 0.0827. The number of fused-ring (bicyclic) bond motifs is 1. The highest BCUT2D eigenvalue weighted by molar-refractivity contribution is 7.11. The molecular formula is C29H33NO5S. The second-order valence-electron chi connectivity index (χ2n) is 9.49. The number of likely N-dealkylation sites (tertiary alicyclic amines) is 1. The number of unbranched alkanes of at least 4 members (excludes halogenated alkanes) is 3. The third kappa shape index (κ3) is 6.27. The fourth-order valence-electron chi connectivity index (χ4n) is 4.82. The van der Waals surface area contributed by atoms with Crippen LogP contribution in [0.3, 0.4) is 0 Å². The van der Waals surface area contributed by atoms with Crippen molar-refractivity contribution in [2.24, 2.45) is 0 Å². The minimum Gasteiger partial charge on any atom is -0.494 e. The predicted octanol–water partition coefficient (Wildman–Crippen LogP) is 5.66. The van der Waals surface area contributed by atoms with Gasteiger partial charge in [-0.05, 0) is 67.9 Å². The number of hydrogen-bond donors (Lipinski definition) is 1. The standard InChI is InChI=1S/C29H33NO5S/c31-21-9-13-30(14-10-21)12-3-1-2-4-15-33-23-7-8-26-24(19-23)25(27-18-22(32)11-16-34-27)20-28(35-26)29-6-5-17-36-29/h5-8,11,16-21,25,31H,1-4,9-10,12-15H2. The zero-order chi connectivity index (χ0) is 24.7. The lowest BCUT2D eigenvalue weighted by atomic mass is 9.92. The highest BCUT2D eigenvalue weighted by atomic mass is 32.1. The van der Waals surface area contributed by atoms with Gasteiger partial charge < -0.3 is 23.9 Å². The molecule has 1 unspecified atom stereocenters. The number of rotatable bonds is 10. The lowest BCUT2D eigenvalue weighted by molar-refractivity contribution is 0.0817. The average Bonchev–Trinajstić information content (AvgIpc) is 3.44. The van der Waals surface area contributed by atoms with Crippen LogP contribution in [0.25, 0.3) is 5.76 Å². The Morgan fingerprint density at radius 3 is 2.72 bits per heavy atom. The number of benzene rings is 1. The highest BCUT2D eigenvalue weighted by Crippen LogP contribution is 2.43. The van der Waals surface area contributed by atoms with Crippen molar-refractivity contribution < 1.29 is 19.0 Å². The summed E-state index contributed by atoms with van der Waals surface area (Å²) in [5, 5.41) is 11.6. The van der Waals surface area contributed by atoms with Crippen molar-refractivity contribution in [1.29, 1.82) is 0 Å². The molecule has 2 aliphatic heterocycles. The molecule has 0 saturated carbocycles. The minimum atomic E-state index is -0.237. The van der Waals surface area contributed by atoms with Crippen LogP contribution in [0.4, 0.5) is 0 Å². The van der Waals surface area contributed by atoms with Crippen LogP contribution in [0.2, 0.25) is 0 Å². The SMILES string of the molecule is O=c1ccoc(C2C=C(c3cccs3)Oc3ccc(OCCCCCCN4CCC(O)CC4)cc32)c1. The Bertz CT molecular complexity index is 1210. The second-order valence-corrected chi connectivity index (χ2v) is 10.4. The molecule has 5 rings (SSSR count).